The van der Waals surface area contributed by atoms with Gasteiger partial charge in [-0.05, 0) is 68.6 Å². The van der Waals surface area contributed by atoms with Gasteiger partial charge in [0.05, 0.1) is 0 Å². The molecule has 0 unspecified atom stereocenters. The van der Waals surface area contributed by atoms with Crippen molar-refractivity contribution in [3.8, 4) is 0 Å². The Labute approximate surface area is 178 Å². The van der Waals surface area contributed by atoms with E-state index in [2.05, 4.69) is 21.3 Å². The number of benzene rings is 1. The molecule has 160 valence electrons. The lowest BCUT2D eigenvalue weighted by Gasteiger charge is -2.33. The van der Waals surface area contributed by atoms with Gasteiger partial charge in [-0.3, -0.25) is 9.78 Å². The number of piperidine rings is 1. The highest BCUT2D eigenvalue weighted by atomic mass is 19.1. The van der Waals surface area contributed by atoms with Gasteiger partial charge >= 0.3 is 0 Å². The van der Waals surface area contributed by atoms with Crippen molar-refractivity contribution < 1.29 is 9.18 Å². The van der Waals surface area contributed by atoms with Gasteiger partial charge < -0.3 is 10.2 Å². The Kier molecular flexibility index (Phi) is 6.78. The lowest BCUT2D eigenvalue weighted by atomic mass is 9.78. The second-order valence-electron chi connectivity index (χ2n) is 8.90. The van der Waals surface area contributed by atoms with Crippen LogP contribution in [-0.4, -0.2) is 42.0 Å². The second kappa shape index (κ2) is 9.69. The third kappa shape index (κ3) is 5.07. The molecule has 0 atom stereocenters. The molecule has 0 spiro atoms. The Morgan fingerprint density at radius 2 is 1.93 bits per heavy atom. The molecule has 1 aromatic heterocycles. The zero-order valence-electron chi connectivity index (χ0n) is 17.7. The summed E-state index contributed by atoms with van der Waals surface area (Å²) in [5.74, 6) is 0.0623. The van der Waals surface area contributed by atoms with E-state index in [1.807, 2.05) is 24.4 Å². The van der Waals surface area contributed by atoms with E-state index in [1.165, 1.54) is 6.07 Å². The summed E-state index contributed by atoms with van der Waals surface area (Å²) in [7, 11) is 0. The molecule has 1 N–H and O–H groups in total. The Morgan fingerprint density at radius 3 is 2.63 bits per heavy atom. The molecule has 2 heterocycles. The van der Waals surface area contributed by atoms with Crippen LogP contribution in [0.4, 0.5) is 4.39 Å². The first-order valence-corrected chi connectivity index (χ1v) is 11.3. The predicted molar refractivity (Wildman–Crippen MR) is 117 cm³/mol. The SMILES string of the molecule is O=C(NCC1(c2cccc(F)c2)CCCC1)C1CCN(CCc2ccccn2)CC1. The quantitative estimate of drug-likeness (QED) is 0.749. The molecule has 0 radical (unpaired) electrons. The molecule has 1 aromatic carbocycles. The molecule has 4 nitrogen and oxygen atoms in total. The highest BCUT2D eigenvalue weighted by Gasteiger charge is 2.37. The summed E-state index contributed by atoms with van der Waals surface area (Å²) in [5, 5.41) is 3.24. The number of hydrogen-bond acceptors (Lipinski definition) is 3. The molecule has 4 rings (SSSR count). The van der Waals surface area contributed by atoms with Crippen LogP contribution < -0.4 is 5.32 Å². The topological polar surface area (TPSA) is 45.2 Å². The van der Waals surface area contributed by atoms with Gasteiger partial charge in [0.15, 0.2) is 0 Å². The smallest absolute Gasteiger partial charge is 0.223 e. The predicted octanol–water partition coefficient (Wildman–Crippen LogP) is 4.10. The zero-order valence-corrected chi connectivity index (χ0v) is 17.7. The molecule has 30 heavy (non-hydrogen) atoms. The van der Waals surface area contributed by atoms with Crippen LogP contribution in [0.25, 0.3) is 0 Å². The van der Waals surface area contributed by atoms with Gasteiger partial charge in [0.25, 0.3) is 0 Å². The van der Waals surface area contributed by atoms with Crippen LogP contribution in [-0.2, 0) is 16.6 Å². The largest absolute Gasteiger partial charge is 0.355 e. The van der Waals surface area contributed by atoms with Gasteiger partial charge in [-0.25, -0.2) is 4.39 Å². The molecule has 1 saturated carbocycles. The van der Waals surface area contributed by atoms with Gasteiger partial charge in [0, 0.05) is 42.7 Å². The van der Waals surface area contributed by atoms with E-state index in [9.17, 15) is 9.18 Å². The maximum atomic E-state index is 13.8. The lowest BCUT2D eigenvalue weighted by molar-refractivity contribution is -0.126. The van der Waals surface area contributed by atoms with Crippen LogP contribution in [0.1, 0.15) is 49.8 Å². The van der Waals surface area contributed by atoms with Crippen LogP contribution >= 0.6 is 0 Å². The summed E-state index contributed by atoms with van der Waals surface area (Å²) in [4.78, 5) is 19.7. The first kappa shape index (κ1) is 21.0. The molecular formula is C25H32FN3O. The number of aromatic nitrogens is 1. The summed E-state index contributed by atoms with van der Waals surface area (Å²) in [6, 6.07) is 13.0. The fourth-order valence-electron chi connectivity index (χ4n) is 5.08. The maximum absolute atomic E-state index is 13.8. The second-order valence-corrected chi connectivity index (χ2v) is 8.90. The average Bonchev–Trinajstić information content (AvgIpc) is 3.27. The molecule has 2 aromatic rings. The van der Waals surface area contributed by atoms with Crippen molar-refractivity contribution in [2.24, 2.45) is 5.92 Å². The van der Waals surface area contributed by atoms with Gasteiger partial charge in [0.2, 0.25) is 5.91 Å². The van der Waals surface area contributed by atoms with Crippen LogP contribution in [0.15, 0.2) is 48.7 Å². The van der Waals surface area contributed by atoms with Crippen LogP contribution in [0.2, 0.25) is 0 Å². The third-order valence-corrected chi connectivity index (χ3v) is 6.97. The van der Waals surface area contributed by atoms with Crippen LogP contribution in [0.3, 0.4) is 0 Å². The molecular weight excluding hydrogens is 377 g/mol. The molecule has 2 fully saturated rings. The van der Waals surface area contributed by atoms with Crippen LogP contribution in [0.5, 0.6) is 0 Å². The highest BCUT2D eigenvalue weighted by molar-refractivity contribution is 5.78. The number of likely N-dealkylation sites (tertiary alicyclic amines) is 1. The zero-order chi connectivity index (χ0) is 20.8. The first-order chi connectivity index (χ1) is 14.6. The summed E-state index contributed by atoms with van der Waals surface area (Å²) in [6.45, 7) is 3.53. The minimum Gasteiger partial charge on any atom is -0.355 e. The fourth-order valence-corrected chi connectivity index (χ4v) is 5.08. The molecule has 2 aliphatic rings. The van der Waals surface area contributed by atoms with Gasteiger partial charge in [-0.1, -0.05) is 31.0 Å². The number of rotatable bonds is 7. The number of hydrogen-bond donors (Lipinski definition) is 1. The van der Waals surface area contributed by atoms with Crippen molar-refractivity contribution in [1.29, 1.82) is 0 Å². The number of nitrogens with one attached hydrogen (secondary N) is 1. The summed E-state index contributed by atoms with van der Waals surface area (Å²) >= 11 is 0. The van der Waals surface area contributed by atoms with E-state index < -0.39 is 0 Å². The van der Waals surface area contributed by atoms with E-state index in [-0.39, 0.29) is 23.1 Å². The summed E-state index contributed by atoms with van der Waals surface area (Å²) in [6.07, 6.45) is 8.91. The molecule has 1 aliphatic heterocycles. The third-order valence-electron chi connectivity index (χ3n) is 6.97. The Hall–Kier alpha value is -2.27. The normalized spacial score (nSPS) is 19.6. The minimum atomic E-state index is -0.192. The molecule has 5 heteroatoms. The molecule has 1 amide bonds. The molecule has 1 saturated heterocycles. The standard InChI is InChI=1S/C25H32FN3O/c26-22-7-5-6-21(18-22)25(12-2-3-13-25)19-28-24(30)20-9-15-29(16-10-20)17-11-23-8-1-4-14-27-23/h1,4-8,14,18,20H,2-3,9-13,15-17,19H2,(H,28,30). The number of halogens is 1. The van der Waals surface area contributed by atoms with Gasteiger partial charge in [0.1, 0.15) is 5.82 Å². The number of nitrogens with zero attached hydrogens (tertiary/aromatic N) is 2. The van der Waals surface area contributed by atoms with Crippen molar-refractivity contribution in [2.45, 2.75) is 50.4 Å². The van der Waals surface area contributed by atoms with Crippen LogP contribution in [0, 0.1) is 11.7 Å². The average molecular weight is 410 g/mol. The monoisotopic (exact) mass is 409 g/mol. The van der Waals surface area contributed by atoms with E-state index >= 15 is 0 Å². The lowest BCUT2D eigenvalue weighted by Crippen LogP contribution is -2.45. The Morgan fingerprint density at radius 1 is 1.13 bits per heavy atom. The fraction of sp³-hybridized carbons (Fsp3) is 0.520. The van der Waals surface area contributed by atoms with E-state index in [0.717, 1.165) is 75.8 Å². The highest BCUT2D eigenvalue weighted by Crippen LogP contribution is 2.41. The van der Waals surface area contributed by atoms with Crippen molar-refractivity contribution in [1.82, 2.24) is 15.2 Å². The minimum absolute atomic E-state index is 0.0852. The van der Waals surface area contributed by atoms with E-state index in [4.69, 9.17) is 0 Å². The summed E-state index contributed by atoms with van der Waals surface area (Å²) in [5.41, 5.74) is 2.04. The van der Waals surface area contributed by atoms with Crippen molar-refractivity contribution in [3.05, 3.63) is 65.7 Å². The van der Waals surface area contributed by atoms with Gasteiger partial charge in [-0.2, -0.15) is 0 Å². The number of amides is 1. The number of carbonyl (C=O) groups excluding carboxylic acids is 1. The Balaban J connectivity index is 1.26. The molecule has 0 bridgehead atoms. The maximum Gasteiger partial charge on any atom is 0.223 e. The van der Waals surface area contributed by atoms with Gasteiger partial charge in [-0.15, -0.1) is 0 Å². The van der Waals surface area contributed by atoms with Crippen molar-refractivity contribution >= 4 is 5.91 Å². The number of pyridine rings is 1. The van der Waals surface area contributed by atoms with Crippen molar-refractivity contribution in [2.75, 3.05) is 26.2 Å². The first-order valence-electron chi connectivity index (χ1n) is 11.3. The Bertz CT molecular complexity index is 827. The van der Waals surface area contributed by atoms with E-state index in [0.29, 0.717) is 6.54 Å². The molecule has 1 aliphatic carbocycles. The van der Waals surface area contributed by atoms with Crippen molar-refractivity contribution in [3.63, 3.8) is 0 Å². The summed E-state index contributed by atoms with van der Waals surface area (Å²) < 4.78 is 13.8. The number of carbonyl (C=O) groups is 1. The van der Waals surface area contributed by atoms with E-state index in [1.54, 1.807) is 12.1 Å².